The highest BCUT2D eigenvalue weighted by atomic mass is 15.1. The summed E-state index contributed by atoms with van der Waals surface area (Å²) in [6, 6.07) is 0. The van der Waals surface area contributed by atoms with Crippen molar-refractivity contribution in [3.63, 3.8) is 0 Å². The summed E-state index contributed by atoms with van der Waals surface area (Å²) in [5.74, 6) is 1.83. The Bertz CT molecular complexity index is 149. The Morgan fingerprint density at radius 1 is 0.722 bits per heavy atom. The van der Waals surface area contributed by atoms with Gasteiger partial charge in [-0.25, -0.2) is 0 Å². The molecule has 0 spiro atoms. The maximum atomic E-state index is 2.59. The van der Waals surface area contributed by atoms with E-state index in [2.05, 4.69) is 39.6 Å². The molecule has 0 N–H and O–H groups in total. The summed E-state index contributed by atoms with van der Waals surface area (Å²) in [7, 11) is 2.32. The lowest BCUT2D eigenvalue weighted by Crippen LogP contribution is -2.30. The monoisotopic (exact) mass is 255 g/mol. The maximum absolute atomic E-state index is 2.59. The van der Waals surface area contributed by atoms with Gasteiger partial charge in [-0.15, -0.1) is 0 Å². The van der Waals surface area contributed by atoms with E-state index in [0.29, 0.717) is 0 Å². The normalized spacial score (nSPS) is 15.0. The van der Waals surface area contributed by atoms with Gasteiger partial charge < -0.3 is 4.90 Å². The second-order valence-electron chi connectivity index (χ2n) is 6.05. The minimum absolute atomic E-state index is 0.915. The first-order valence-electron chi connectivity index (χ1n) is 8.36. The fraction of sp³-hybridized carbons (Fsp3) is 1.00. The van der Waals surface area contributed by atoms with E-state index in [-0.39, 0.29) is 0 Å². The van der Waals surface area contributed by atoms with Gasteiger partial charge in [0.25, 0.3) is 0 Å². The largest absolute Gasteiger partial charge is 0.306 e. The molecule has 18 heavy (non-hydrogen) atoms. The smallest absolute Gasteiger partial charge is 0.000662 e. The summed E-state index contributed by atoms with van der Waals surface area (Å²) in [5.41, 5.74) is 0. The highest BCUT2D eigenvalue weighted by molar-refractivity contribution is 4.67. The zero-order valence-electron chi connectivity index (χ0n) is 13.7. The van der Waals surface area contributed by atoms with Gasteiger partial charge in [0.2, 0.25) is 0 Å². The molecule has 2 atom stereocenters. The Kier molecular flexibility index (Phi) is 12.0. The Balaban J connectivity index is 3.92. The van der Waals surface area contributed by atoms with Gasteiger partial charge in [-0.1, -0.05) is 66.2 Å². The maximum Gasteiger partial charge on any atom is 0.000662 e. The van der Waals surface area contributed by atoms with Crippen molar-refractivity contribution >= 4 is 0 Å². The van der Waals surface area contributed by atoms with Crippen molar-refractivity contribution in [1.82, 2.24) is 4.90 Å². The lowest BCUT2D eigenvalue weighted by molar-refractivity contribution is 0.216. The number of hydrogen-bond donors (Lipinski definition) is 0. The van der Waals surface area contributed by atoms with Crippen molar-refractivity contribution in [2.24, 2.45) is 11.8 Å². The zero-order chi connectivity index (χ0) is 13.8. The molecular weight excluding hydrogens is 218 g/mol. The highest BCUT2D eigenvalue weighted by Crippen LogP contribution is 2.17. The van der Waals surface area contributed by atoms with Crippen LogP contribution in [-0.2, 0) is 0 Å². The van der Waals surface area contributed by atoms with Crippen molar-refractivity contribution in [2.45, 2.75) is 79.1 Å². The molecule has 0 rings (SSSR count). The second-order valence-corrected chi connectivity index (χ2v) is 6.05. The van der Waals surface area contributed by atoms with Crippen LogP contribution in [0.5, 0.6) is 0 Å². The van der Waals surface area contributed by atoms with Crippen LogP contribution in [0, 0.1) is 11.8 Å². The quantitative estimate of drug-likeness (QED) is 0.454. The summed E-state index contributed by atoms with van der Waals surface area (Å²) in [5, 5.41) is 0. The Morgan fingerprint density at radius 3 is 1.39 bits per heavy atom. The van der Waals surface area contributed by atoms with Gasteiger partial charge in [0.1, 0.15) is 0 Å². The average Bonchev–Trinajstić information content (AvgIpc) is 2.39. The van der Waals surface area contributed by atoms with Gasteiger partial charge in [-0.2, -0.15) is 0 Å². The predicted molar refractivity (Wildman–Crippen MR) is 84.1 cm³/mol. The van der Waals surface area contributed by atoms with E-state index in [4.69, 9.17) is 0 Å². The molecule has 0 amide bonds. The molecule has 0 fully saturated rings. The van der Waals surface area contributed by atoms with E-state index in [1.807, 2.05) is 0 Å². The molecule has 0 saturated carbocycles. The fourth-order valence-corrected chi connectivity index (χ4v) is 2.79. The predicted octanol–water partition coefficient (Wildman–Crippen LogP) is 5.35. The molecule has 0 radical (unpaired) electrons. The van der Waals surface area contributed by atoms with E-state index in [1.165, 1.54) is 64.5 Å². The molecule has 0 aromatic rings. The van der Waals surface area contributed by atoms with Crippen molar-refractivity contribution in [3.05, 3.63) is 0 Å². The van der Waals surface area contributed by atoms with Gasteiger partial charge in [-0.05, 0) is 31.7 Å². The summed E-state index contributed by atoms with van der Waals surface area (Å²) in [4.78, 5) is 2.59. The molecule has 0 aromatic carbocycles. The number of nitrogens with zero attached hydrogens (tertiary/aromatic N) is 1. The molecule has 0 unspecified atom stereocenters. The van der Waals surface area contributed by atoms with E-state index < -0.39 is 0 Å². The zero-order valence-corrected chi connectivity index (χ0v) is 13.7. The Morgan fingerprint density at radius 2 is 1.11 bits per heavy atom. The average molecular weight is 255 g/mol. The van der Waals surface area contributed by atoms with Crippen LogP contribution in [0.15, 0.2) is 0 Å². The molecule has 0 aromatic heterocycles. The molecule has 0 saturated heterocycles. The Labute approximate surface area is 116 Å². The van der Waals surface area contributed by atoms with Crippen molar-refractivity contribution in [2.75, 3.05) is 20.1 Å². The summed E-state index contributed by atoms with van der Waals surface area (Å²) < 4.78 is 0. The number of unbranched alkanes of at least 4 members (excludes halogenated alkanes) is 2. The van der Waals surface area contributed by atoms with Crippen molar-refractivity contribution in [1.29, 1.82) is 0 Å². The summed E-state index contributed by atoms with van der Waals surface area (Å²) >= 11 is 0. The van der Waals surface area contributed by atoms with E-state index in [9.17, 15) is 0 Å². The number of hydrogen-bond acceptors (Lipinski definition) is 1. The SMILES string of the molecule is CCCC[C@H](CC)CN(C)C[C@@H](CC)CCCC. The van der Waals surface area contributed by atoms with Crippen LogP contribution < -0.4 is 0 Å². The van der Waals surface area contributed by atoms with Gasteiger partial charge in [-0.3, -0.25) is 0 Å². The van der Waals surface area contributed by atoms with Gasteiger partial charge >= 0.3 is 0 Å². The van der Waals surface area contributed by atoms with Crippen LogP contribution in [0.2, 0.25) is 0 Å². The minimum Gasteiger partial charge on any atom is -0.306 e. The molecule has 1 heteroatoms. The molecule has 0 aliphatic rings. The first kappa shape index (κ1) is 18.0. The molecule has 0 heterocycles. The second kappa shape index (κ2) is 12.0. The first-order chi connectivity index (χ1) is 8.67. The molecule has 0 aliphatic heterocycles. The third kappa shape index (κ3) is 8.97. The van der Waals surface area contributed by atoms with Gasteiger partial charge in [0.05, 0.1) is 0 Å². The van der Waals surface area contributed by atoms with E-state index >= 15 is 0 Å². The van der Waals surface area contributed by atoms with Crippen LogP contribution in [0.4, 0.5) is 0 Å². The molecule has 0 bridgehead atoms. The molecule has 0 aliphatic carbocycles. The number of rotatable bonds is 12. The summed E-state index contributed by atoms with van der Waals surface area (Å²) in [6.07, 6.45) is 11.0. The molecule has 1 nitrogen and oxygen atoms in total. The van der Waals surface area contributed by atoms with E-state index in [1.54, 1.807) is 0 Å². The van der Waals surface area contributed by atoms with Crippen LogP contribution in [0.3, 0.4) is 0 Å². The fourth-order valence-electron chi connectivity index (χ4n) is 2.79. The lowest BCUT2D eigenvalue weighted by atomic mass is 9.96. The molecular formula is C17H37N. The summed E-state index contributed by atoms with van der Waals surface area (Å²) in [6.45, 7) is 11.9. The first-order valence-corrected chi connectivity index (χ1v) is 8.36. The third-order valence-corrected chi connectivity index (χ3v) is 4.23. The van der Waals surface area contributed by atoms with Crippen LogP contribution in [-0.4, -0.2) is 25.0 Å². The lowest BCUT2D eigenvalue weighted by Gasteiger charge is -2.27. The van der Waals surface area contributed by atoms with Crippen molar-refractivity contribution < 1.29 is 0 Å². The topological polar surface area (TPSA) is 3.24 Å². The Hall–Kier alpha value is -0.0400. The van der Waals surface area contributed by atoms with Crippen LogP contribution >= 0.6 is 0 Å². The van der Waals surface area contributed by atoms with Crippen LogP contribution in [0.25, 0.3) is 0 Å². The highest BCUT2D eigenvalue weighted by Gasteiger charge is 2.13. The standard InChI is InChI=1S/C17H37N/c1-6-10-12-16(8-3)14-18(5)15-17(9-4)13-11-7-2/h16-17H,6-15H2,1-5H3/t16-,17-/m0/s1. The van der Waals surface area contributed by atoms with Crippen molar-refractivity contribution in [3.8, 4) is 0 Å². The third-order valence-electron chi connectivity index (χ3n) is 4.23. The van der Waals surface area contributed by atoms with Gasteiger partial charge in [0.15, 0.2) is 0 Å². The van der Waals surface area contributed by atoms with Crippen LogP contribution in [0.1, 0.15) is 79.1 Å². The molecule has 110 valence electrons. The van der Waals surface area contributed by atoms with Gasteiger partial charge in [0, 0.05) is 13.1 Å². The van der Waals surface area contributed by atoms with E-state index in [0.717, 1.165) is 11.8 Å². The minimum atomic E-state index is 0.915.